The van der Waals surface area contributed by atoms with Crippen molar-refractivity contribution >= 4 is 28.7 Å². The fourth-order valence-electron chi connectivity index (χ4n) is 1.14. The van der Waals surface area contributed by atoms with Gasteiger partial charge in [0.2, 0.25) is 0 Å². The van der Waals surface area contributed by atoms with Crippen molar-refractivity contribution in [1.82, 2.24) is 4.90 Å². The second-order valence-electron chi connectivity index (χ2n) is 3.11. The van der Waals surface area contributed by atoms with Gasteiger partial charge in [-0.2, -0.15) is 0 Å². The van der Waals surface area contributed by atoms with Crippen molar-refractivity contribution in [3.05, 3.63) is 0 Å². The average Bonchev–Trinajstić information content (AvgIpc) is 1.85. The fourth-order valence-corrected chi connectivity index (χ4v) is 1.41. The fraction of sp³-hybridized carbons (Fsp3) is 0.875. The Morgan fingerprint density at radius 2 is 1.75 bits per heavy atom. The summed E-state index contributed by atoms with van der Waals surface area (Å²) in [5.74, 6) is 0. The van der Waals surface area contributed by atoms with Gasteiger partial charge < -0.3 is 9.64 Å². The van der Waals surface area contributed by atoms with Crippen molar-refractivity contribution in [2.75, 3.05) is 4.61 Å². The first-order valence-electron chi connectivity index (χ1n) is 4.01. The Kier molecular flexibility index (Phi) is 5.61. The molecule has 72 valence electrons. The summed E-state index contributed by atoms with van der Waals surface area (Å²) in [6.45, 7) is 7.92. The summed E-state index contributed by atoms with van der Waals surface area (Å²) in [7, 11) is 0. The number of hydrogen-bond acceptors (Lipinski definition) is 2. The first-order valence-corrected chi connectivity index (χ1v) is 5.54. The molecule has 0 bridgehead atoms. The molecule has 0 aromatic heterocycles. The van der Waals surface area contributed by atoms with Crippen molar-refractivity contribution < 1.29 is 9.53 Å². The predicted octanol–water partition coefficient (Wildman–Crippen LogP) is 2.63. The third kappa shape index (κ3) is 3.60. The second kappa shape index (κ2) is 5.61. The van der Waals surface area contributed by atoms with E-state index in [0.717, 1.165) is 0 Å². The normalized spacial score (nSPS) is 10.6. The van der Waals surface area contributed by atoms with Crippen LogP contribution in [-0.4, -0.2) is 27.7 Å². The van der Waals surface area contributed by atoms with E-state index < -0.39 is 0 Å². The van der Waals surface area contributed by atoms with Crippen molar-refractivity contribution in [3.63, 3.8) is 0 Å². The zero-order valence-electron chi connectivity index (χ0n) is 8.00. The van der Waals surface area contributed by atoms with Crippen LogP contribution in [0, 0.1) is 0 Å². The zero-order valence-corrected chi connectivity index (χ0v) is 10.2. The molecule has 0 radical (unpaired) electrons. The van der Waals surface area contributed by atoms with Crippen molar-refractivity contribution in [3.8, 4) is 0 Å². The van der Waals surface area contributed by atoms with Gasteiger partial charge in [-0.1, -0.05) is 0 Å². The monoisotopic (exact) mass is 285 g/mol. The van der Waals surface area contributed by atoms with Crippen LogP contribution in [0.3, 0.4) is 0 Å². The molecule has 0 rings (SSSR count). The van der Waals surface area contributed by atoms with E-state index in [2.05, 4.69) is 0 Å². The molecule has 0 aliphatic carbocycles. The summed E-state index contributed by atoms with van der Waals surface area (Å²) in [6.07, 6.45) is -0.227. The lowest BCUT2D eigenvalue weighted by Gasteiger charge is -2.29. The lowest BCUT2D eigenvalue weighted by molar-refractivity contribution is 0.0952. The second-order valence-corrected chi connectivity index (χ2v) is 3.74. The van der Waals surface area contributed by atoms with Crippen LogP contribution in [0.5, 0.6) is 0 Å². The minimum Gasteiger partial charge on any atom is -0.439 e. The standard InChI is InChI=1S/C8H16INO2/c1-6(2)10(7(3)4)8(11)12-5-9/h6-7H,5H2,1-4H3. The summed E-state index contributed by atoms with van der Waals surface area (Å²) in [6, 6.07) is 0.390. The first kappa shape index (κ1) is 12.0. The molecule has 0 saturated heterocycles. The number of hydrogen-bond donors (Lipinski definition) is 0. The Bertz CT molecular complexity index is 140. The molecule has 0 aliphatic rings. The van der Waals surface area contributed by atoms with E-state index >= 15 is 0 Å². The highest BCUT2D eigenvalue weighted by atomic mass is 127. The van der Waals surface area contributed by atoms with Gasteiger partial charge in [-0.25, -0.2) is 4.79 Å². The van der Waals surface area contributed by atoms with E-state index in [9.17, 15) is 4.79 Å². The van der Waals surface area contributed by atoms with E-state index in [-0.39, 0.29) is 18.2 Å². The van der Waals surface area contributed by atoms with Crippen LogP contribution in [0.2, 0.25) is 0 Å². The lowest BCUT2D eigenvalue weighted by atomic mass is 10.2. The van der Waals surface area contributed by atoms with E-state index in [0.29, 0.717) is 4.61 Å². The average molecular weight is 285 g/mol. The van der Waals surface area contributed by atoms with Crippen molar-refractivity contribution in [2.45, 2.75) is 39.8 Å². The molecule has 0 aliphatic heterocycles. The molecular formula is C8H16INO2. The third-order valence-corrected chi connectivity index (χ3v) is 1.81. The molecule has 0 fully saturated rings. The number of carbonyl (C=O) groups is 1. The van der Waals surface area contributed by atoms with Crippen LogP contribution >= 0.6 is 22.6 Å². The zero-order chi connectivity index (χ0) is 9.72. The molecule has 0 aromatic carbocycles. The van der Waals surface area contributed by atoms with Crippen LogP contribution in [0.4, 0.5) is 4.79 Å². The van der Waals surface area contributed by atoms with Crippen LogP contribution in [0.1, 0.15) is 27.7 Å². The maximum absolute atomic E-state index is 11.3. The van der Waals surface area contributed by atoms with Gasteiger partial charge in [-0.05, 0) is 50.3 Å². The summed E-state index contributed by atoms with van der Waals surface area (Å²) < 4.78 is 5.31. The molecule has 0 unspecified atom stereocenters. The summed E-state index contributed by atoms with van der Waals surface area (Å²) >= 11 is 2.01. The number of amides is 1. The molecule has 0 spiro atoms. The Balaban J connectivity index is 4.20. The molecule has 4 heteroatoms. The number of ether oxygens (including phenoxy) is 1. The minimum atomic E-state index is -0.227. The molecule has 0 saturated carbocycles. The molecule has 12 heavy (non-hydrogen) atoms. The van der Waals surface area contributed by atoms with Crippen molar-refractivity contribution in [2.24, 2.45) is 0 Å². The van der Waals surface area contributed by atoms with Crippen LogP contribution < -0.4 is 0 Å². The Morgan fingerprint density at radius 3 is 2.00 bits per heavy atom. The highest BCUT2D eigenvalue weighted by Crippen LogP contribution is 2.07. The maximum Gasteiger partial charge on any atom is 0.410 e. The largest absolute Gasteiger partial charge is 0.439 e. The quantitative estimate of drug-likeness (QED) is 0.589. The van der Waals surface area contributed by atoms with Gasteiger partial charge in [-0.15, -0.1) is 0 Å². The SMILES string of the molecule is CC(C)N(C(=O)OCI)C(C)C. The topological polar surface area (TPSA) is 29.5 Å². The smallest absolute Gasteiger partial charge is 0.410 e. The Hall–Kier alpha value is 0. The Morgan fingerprint density at radius 1 is 1.33 bits per heavy atom. The third-order valence-electron chi connectivity index (χ3n) is 1.50. The van der Waals surface area contributed by atoms with Gasteiger partial charge in [0, 0.05) is 12.1 Å². The van der Waals surface area contributed by atoms with Gasteiger partial charge >= 0.3 is 6.09 Å². The van der Waals surface area contributed by atoms with E-state index in [1.807, 2.05) is 50.3 Å². The molecule has 1 amide bonds. The van der Waals surface area contributed by atoms with Crippen molar-refractivity contribution in [1.29, 1.82) is 0 Å². The van der Waals surface area contributed by atoms with Gasteiger partial charge in [-0.3, -0.25) is 0 Å². The molecule has 0 N–H and O–H groups in total. The number of carbonyl (C=O) groups excluding carboxylic acids is 1. The Labute approximate surface area is 87.6 Å². The summed E-state index contributed by atoms with van der Waals surface area (Å²) in [4.78, 5) is 13.0. The predicted molar refractivity (Wildman–Crippen MR) is 57.5 cm³/mol. The van der Waals surface area contributed by atoms with Gasteiger partial charge in [0.25, 0.3) is 0 Å². The number of nitrogens with zero attached hydrogens (tertiary/aromatic N) is 1. The number of halogens is 1. The van der Waals surface area contributed by atoms with E-state index in [4.69, 9.17) is 4.74 Å². The number of rotatable bonds is 3. The molecule has 0 heterocycles. The lowest BCUT2D eigenvalue weighted by Crippen LogP contribution is -2.42. The van der Waals surface area contributed by atoms with E-state index in [1.165, 1.54) is 0 Å². The van der Waals surface area contributed by atoms with Crippen LogP contribution in [-0.2, 0) is 4.74 Å². The molecule has 0 atom stereocenters. The van der Waals surface area contributed by atoms with Crippen LogP contribution in [0.25, 0.3) is 0 Å². The molecular weight excluding hydrogens is 269 g/mol. The van der Waals surface area contributed by atoms with Gasteiger partial charge in [0.1, 0.15) is 4.61 Å². The summed E-state index contributed by atoms with van der Waals surface area (Å²) in [5.41, 5.74) is 0. The highest BCUT2D eigenvalue weighted by molar-refractivity contribution is 14.1. The van der Waals surface area contributed by atoms with Crippen LogP contribution in [0.15, 0.2) is 0 Å². The first-order chi connectivity index (χ1) is 5.50. The summed E-state index contributed by atoms with van der Waals surface area (Å²) in [5, 5.41) is 0. The molecule has 3 nitrogen and oxygen atoms in total. The molecule has 0 aromatic rings. The maximum atomic E-state index is 11.3. The van der Waals surface area contributed by atoms with Gasteiger partial charge in [0.05, 0.1) is 0 Å². The number of alkyl halides is 1. The van der Waals surface area contributed by atoms with E-state index in [1.54, 1.807) is 4.90 Å². The minimum absolute atomic E-state index is 0.195. The highest BCUT2D eigenvalue weighted by Gasteiger charge is 2.20. The van der Waals surface area contributed by atoms with Gasteiger partial charge in [0.15, 0.2) is 0 Å².